The van der Waals surface area contributed by atoms with Crippen LogP contribution in [0.1, 0.15) is 18.6 Å². The van der Waals surface area contributed by atoms with Crippen LogP contribution in [0.3, 0.4) is 0 Å². The minimum atomic E-state index is 0.577. The smallest absolute Gasteiger partial charge is 0.223 e. The number of hydrogen-bond acceptors (Lipinski definition) is 7. The molecule has 8 nitrogen and oxygen atoms in total. The van der Waals surface area contributed by atoms with Crippen LogP contribution < -0.4 is 10.6 Å². The van der Waals surface area contributed by atoms with E-state index in [1.165, 1.54) is 0 Å². The van der Waals surface area contributed by atoms with Crippen molar-refractivity contribution in [2.75, 3.05) is 23.7 Å². The summed E-state index contributed by atoms with van der Waals surface area (Å²) in [5.74, 6) is 2.80. The molecule has 0 aliphatic carbocycles. The highest BCUT2D eigenvalue weighted by Crippen LogP contribution is 2.16. The summed E-state index contributed by atoms with van der Waals surface area (Å²) >= 11 is 0. The van der Waals surface area contributed by atoms with Gasteiger partial charge in [-0.15, -0.1) is 0 Å². The van der Waals surface area contributed by atoms with Gasteiger partial charge in [0.15, 0.2) is 17.3 Å². The SMILES string of the molecule is CCNc1cn2ccnc2c(NCCc2noc(C)n2)n1. The van der Waals surface area contributed by atoms with Crippen molar-refractivity contribution in [3.63, 3.8) is 0 Å². The number of hydrogen-bond donors (Lipinski definition) is 2. The van der Waals surface area contributed by atoms with Crippen molar-refractivity contribution in [1.82, 2.24) is 24.5 Å². The summed E-state index contributed by atoms with van der Waals surface area (Å²) in [6.45, 7) is 5.28. The molecule has 0 saturated carbocycles. The highest BCUT2D eigenvalue weighted by Gasteiger charge is 2.08. The third-order valence-electron chi connectivity index (χ3n) is 2.94. The molecule has 21 heavy (non-hydrogen) atoms. The Morgan fingerprint density at radius 3 is 2.95 bits per heavy atom. The van der Waals surface area contributed by atoms with Crippen molar-refractivity contribution in [1.29, 1.82) is 0 Å². The minimum absolute atomic E-state index is 0.577. The van der Waals surface area contributed by atoms with E-state index in [1.807, 2.05) is 23.7 Å². The average Bonchev–Trinajstić information content (AvgIpc) is 3.08. The number of rotatable bonds is 6. The van der Waals surface area contributed by atoms with Crippen LogP contribution in [0.5, 0.6) is 0 Å². The van der Waals surface area contributed by atoms with E-state index in [1.54, 1.807) is 13.1 Å². The summed E-state index contributed by atoms with van der Waals surface area (Å²) in [6.07, 6.45) is 6.23. The number of nitrogens with one attached hydrogen (secondary N) is 2. The molecule has 0 fully saturated rings. The van der Waals surface area contributed by atoms with Crippen molar-refractivity contribution < 1.29 is 4.52 Å². The summed E-state index contributed by atoms with van der Waals surface area (Å²) in [5.41, 5.74) is 0.793. The molecule has 3 rings (SSSR count). The van der Waals surface area contributed by atoms with E-state index < -0.39 is 0 Å². The Morgan fingerprint density at radius 2 is 2.19 bits per heavy atom. The predicted octanol–water partition coefficient (Wildman–Crippen LogP) is 1.51. The standard InChI is InChI=1S/C13H17N7O/c1-3-14-11-8-20-7-6-16-13(20)12(18-11)15-5-4-10-17-9(2)21-19-10/h6-8,14H,3-5H2,1-2H3,(H,15,18). The van der Waals surface area contributed by atoms with Crippen LogP contribution in [0.4, 0.5) is 11.6 Å². The van der Waals surface area contributed by atoms with E-state index in [4.69, 9.17) is 4.52 Å². The molecular formula is C13H17N7O. The van der Waals surface area contributed by atoms with Gasteiger partial charge in [0.2, 0.25) is 5.89 Å². The van der Waals surface area contributed by atoms with E-state index in [0.29, 0.717) is 24.7 Å². The van der Waals surface area contributed by atoms with E-state index in [9.17, 15) is 0 Å². The van der Waals surface area contributed by atoms with Crippen molar-refractivity contribution in [3.05, 3.63) is 30.3 Å². The van der Waals surface area contributed by atoms with Gasteiger partial charge in [0.25, 0.3) is 0 Å². The quantitative estimate of drug-likeness (QED) is 0.709. The lowest BCUT2D eigenvalue weighted by molar-refractivity contribution is 0.387. The number of imidazole rings is 1. The molecule has 0 amide bonds. The summed E-state index contributed by atoms with van der Waals surface area (Å²) in [7, 11) is 0. The maximum atomic E-state index is 4.95. The number of aryl methyl sites for hydroxylation is 1. The largest absolute Gasteiger partial charge is 0.369 e. The fourth-order valence-electron chi connectivity index (χ4n) is 2.05. The first kappa shape index (κ1) is 13.3. The zero-order valence-electron chi connectivity index (χ0n) is 12.0. The monoisotopic (exact) mass is 287 g/mol. The summed E-state index contributed by atoms with van der Waals surface area (Å²) < 4.78 is 6.88. The molecule has 3 aromatic heterocycles. The van der Waals surface area contributed by atoms with Crippen LogP contribution in [0.15, 0.2) is 23.1 Å². The third kappa shape index (κ3) is 2.93. The highest BCUT2D eigenvalue weighted by atomic mass is 16.5. The van der Waals surface area contributed by atoms with Gasteiger partial charge in [-0.25, -0.2) is 9.97 Å². The molecular weight excluding hydrogens is 270 g/mol. The number of aromatic nitrogens is 5. The fraction of sp³-hybridized carbons (Fsp3) is 0.385. The van der Waals surface area contributed by atoms with Gasteiger partial charge in [0.05, 0.1) is 6.20 Å². The topological polar surface area (TPSA) is 93.2 Å². The molecule has 0 atom stereocenters. The number of nitrogens with zero attached hydrogens (tertiary/aromatic N) is 5. The van der Waals surface area contributed by atoms with Crippen LogP contribution in [-0.4, -0.2) is 37.6 Å². The van der Waals surface area contributed by atoms with Crippen LogP contribution in [0.25, 0.3) is 5.65 Å². The van der Waals surface area contributed by atoms with Crippen LogP contribution in [0.2, 0.25) is 0 Å². The normalized spacial score (nSPS) is 11.0. The second kappa shape index (κ2) is 5.78. The summed E-state index contributed by atoms with van der Waals surface area (Å²) in [6, 6.07) is 0. The van der Waals surface area contributed by atoms with E-state index in [2.05, 4.69) is 30.7 Å². The lowest BCUT2D eigenvalue weighted by Crippen LogP contribution is -2.10. The van der Waals surface area contributed by atoms with Gasteiger partial charge in [-0.3, -0.25) is 0 Å². The van der Waals surface area contributed by atoms with Gasteiger partial charge < -0.3 is 19.6 Å². The molecule has 0 radical (unpaired) electrons. The van der Waals surface area contributed by atoms with Crippen molar-refractivity contribution in [2.45, 2.75) is 20.3 Å². The molecule has 0 aliphatic heterocycles. The Balaban J connectivity index is 1.74. The molecule has 3 heterocycles. The molecule has 8 heteroatoms. The second-order valence-electron chi connectivity index (χ2n) is 4.57. The summed E-state index contributed by atoms with van der Waals surface area (Å²) in [5, 5.41) is 10.3. The molecule has 0 unspecified atom stereocenters. The molecule has 3 aromatic rings. The predicted molar refractivity (Wildman–Crippen MR) is 78.4 cm³/mol. The lowest BCUT2D eigenvalue weighted by Gasteiger charge is -2.09. The molecule has 0 bridgehead atoms. The Kier molecular flexibility index (Phi) is 3.67. The molecule has 0 aliphatic rings. The maximum Gasteiger partial charge on any atom is 0.223 e. The Labute approximate surface area is 121 Å². The van der Waals surface area contributed by atoms with E-state index in [-0.39, 0.29) is 0 Å². The number of anilines is 2. The van der Waals surface area contributed by atoms with Gasteiger partial charge in [-0.2, -0.15) is 4.98 Å². The first-order chi connectivity index (χ1) is 10.3. The van der Waals surface area contributed by atoms with E-state index in [0.717, 1.165) is 23.8 Å². The minimum Gasteiger partial charge on any atom is -0.369 e. The first-order valence-electron chi connectivity index (χ1n) is 6.87. The van der Waals surface area contributed by atoms with Crippen molar-refractivity contribution >= 4 is 17.3 Å². The second-order valence-corrected chi connectivity index (χ2v) is 4.57. The zero-order chi connectivity index (χ0) is 14.7. The Hall–Kier alpha value is -2.64. The molecule has 110 valence electrons. The maximum absolute atomic E-state index is 4.95. The summed E-state index contributed by atoms with van der Waals surface area (Å²) in [4.78, 5) is 13.0. The molecule has 0 aromatic carbocycles. The van der Waals surface area contributed by atoms with Crippen LogP contribution in [-0.2, 0) is 6.42 Å². The van der Waals surface area contributed by atoms with Crippen molar-refractivity contribution in [2.24, 2.45) is 0 Å². The number of fused-ring (bicyclic) bond motifs is 1. The lowest BCUT2D eigenvalue weighted by atomic mass is 10.4. The Bertz CT molecular complexity index is 733. The fourth-order valence-corrected chi connectivity index (χ4v) is 2.05. The van der Waals surface area contributed by atoms with Gasteiger partial charge in [0.1, 0.15) is 5.82 Å². The van der Waals surface area contributed by atoms with Crippen LogP contribution >= 0.6 is 0 Å². The van der Waals surface area contributed by atoms with E-state index >= 15 is 0 Å². The van der Waals surface area contributed by atoms with Gasteiger partial charge in [0, 0.05) is 38.8 Å². The first-order valence-corrected chi connectivity index (χ1v) is 6.87. The average molecular weight is 287 g/mol. The molecule has 0 spiro atoms. The van der Waals surface area contributed by atoms with Gasteiger partial charge in [-0.05, 0) is 6.92 Å². The third-order valence-corrected chi connectivity index (χ3v) is 2.94. The Morgan fingerprint density at radius 1 is 1.29 bits per heavy atom. The zero-order valence-corrected chi connectivity index (χ0v) is 12.0. The van der Waals surface area contributed by atoms with Crippen molar-refractivity contribution in [3.8, 4) is 0 Å². The molecule has 0 saturated heterocycles. The van der Waals surface area contributed by atoms with Gasteiger partial charge >= 0.3 is 0 Å². The van der Waals surface area contributed by atoms with Crippen LogP contribution in [0, 0.1) is 6.92 Å². The highest BCUT2D eigenvalue weighted by molar-refractivity contribution is 5.65. The van der Waals surface area contributed by atoms with Gasteiger partial charge in [-0.1, -0.05) is 5.16 Å². The molecule has 2 N–H and O–H groups in total.